The molecular weight excluding hydrogens is 136 g/mol. The van der Waals surface area contributed by atoms with Gasteiger partial charge in [0, 0.05) is 24.9 Å². The Bertz CT molecular complexity index is 238. The summed E-state index contributed by atoms with van der Waals surface area (Å²) in [5.41, 5.74) is 1.24. The zero-order valence-electron chi connectivity index (χ0n) is 7.76. The Hall–Kier alpha value is -0.790. The lowest BCUT2D eigenvalue weighted by molar-refractivity contribution is 0.636. The lowest BCUT2D eigenvalue weighted by Gasteiger charge is -2.08. The van der Waals surface area contributed by atoms with Crippen molar-refractivity contribution in [3.63, 3.8) is 0 Å². The Morgan fingerprint density at radius 1 is 1.64 bits per heavy atom. The molecule has 0 radical (unpaired) electrons. The van der Waals surface area contributed by atoms with E-state index in [1.165, 1.54) is 11.5 Å². The maximum absolute atomic E-state index is 4.35. The summed E-state index contributed by atoms with van der Waals surface area (Å²) in [4.78, 5) is 4.35. The molecule has 11 heavy (non-hydrogen) atoms. The highest BCUT2D eigenvalue weighted by molar-refractivity contribution is 5.05. The van der Waals surface area contributed by atoms with Gasteiger partial charge in [0.05, 0.1) is 0 Å². The van der Waals surface area contributed by atoms with Gasteiger partial charge in [-0.15, -0.1) is 0 Å². The van der Waals surface area contributed by atoms with Crippen molar-refractivity contribution in [2.24, 2.45) is 7.05 Å². The average molecular weight is 152 g/mol. The Labute approximate surface area is 68.3 Å². The van der Waals surface area contributed by atoms with Crippen LogP contribution in [0.25, 0.3) is 0 Å². The molecule has 0 aromatic carbocycles. The van der Waals surface area contributed by atoms with E-state index in [4.69, 9.17) is 0 Å². The predicted octanol–water partition coefficient (Wildman–Crippen LogP) is 2.24. The molecule has 0 aliphatic rings. The molecule has 0 spiro atoms. The van der Waals surface area contributed by atoms with Gasteiger partial charge in [-0.25, -0.2) is 4.98 Å². The van der Waals surface area contributed by atoms with Gasteiger partial charge in [0.2, 0.25) is 0 Å². The molecule has 1 unspecified atom stereocenters. The number of hydrogen-bond acceptors (Lipinski definition) is 1. The minimum Gasteiger partial charge on any atom is -0.335 e. The number of imidazole rings is 1. The number of aromatic nitrogens is 2. The third kappa shape index (κ3) is 1.44. The second-order valence-electron chi connectivity index (χ2n) is 3.13. The molecule has 62 valence electrons. The lowest BCUT2D eigenvalue weighted by Crippen LogP contribution is -2.02. The van der Waals surface area contributed by atoms with Gasteiger partial charge in [-0.1, -0.05) is 13.8 Å². The van der Waals surface area contributed by atoms with Gasteiger partial charge in [0.25, 0.3) is 0 Å². The minimum atomic E-state index is 0.577. The zero-order chi connectivity index (χ0) is 8.43. The van der Waals surface area contributed by atoms with E-state index in [-0.39, 0.29) is 0 Å². The predicted molar refractivity (Wildman–Crippen MR) is 46.7 cm³/mol. The summed E-state index contributed by atoms with van der Waals surface area (Å²) in [5, 5.41) is 0. The highest BCUT2D eigenvalue weighted by Crippen LogP contribution is 2.16. The molecule has 1 aromatic heterocycles. The van der Waals surface area contributed by atoms with Crippen molar-refractivity contribution in [2.45, 2.75) is 33.1 Å². The molecule has 0 aliphatic heterocycles. The Morgan fingerprint density at radius 2 is 2.27 bits per heavy atom. The molecule has 0 saturated heterocycles. The molecular formula is C9H16N2. The third-order valence-electron chi connectivity index (χ3n) is 2.31. The first-order valence-electron chi connectivity index (χ1n) is 4.15. The SMILES string of the molecule is CCC(C)c1ncc(C)n1C. The molecule has 0 saturated carbocycles. The topological polar surface area (TPSA) is 17.8 Å². The van der Waals surface area contributed by atoms with Gasteiger partial charge in [0.15, 0.2) is 0 Å². The van der Waals surface area contributed by atoms with E-state index in [2.05, 4.69) is 37.4 Å². The molecule has 2 nitrogen and oxygen atoms in total. The average Bonchev–Trinajstić information content (AvgIpc) is 2.32. The highest BCUT2D eigenvalue weighted by atomic mass is 15.1. The van der Waals surface area contributed by atoms with Gasteiger partial charge < -0.3 is 4.57 Å². The summed E-state index contributed by atoms with van der Waals surface area (Å²) < 4.78 is 2.16. The van der Waals surface area contributed by atoms with Crippen LogP contribution in [-0.4, -0.2) is 9.55 Å². The van der Waals surface area contributed by atoms with Crippen LogP contribution in [0.4, 0.5) is 0 Å². The first kappa shape index (κ1) is 8.31. The van der Waals surface area contributed by atoms with Crippen LogP contribution in [0.2, 0.25) is 0 Å². The van der Waals surface area contributed by atoms with Crippen LogP contribution in [-0.2, 0) is 7.05 Å². The van der Waals surface area contributed by atoms with Gasteiger partial charge in [-0.3, -0.25) is 0 Å². The number of rotatable bonds is 2. The Balaban J connectivity index is 2.94. The summed E-state index contributed by atoms with van der Waals surface area (Å²) in [6.07, 6.45) is 3.09. The molecule has 0 amide bonds. The smallest absolute Gasteiger partial charge is 0.111 e. The van der Waals surface area contributed by atoms with Gasteiger partial charge in [-0.05, 0) is 13.3 Å². The number of aryl methyl sites for hydroxylation is 1. The van der Waals surface area contributed by atoms with Crippen molar-refractivity contribution in [3.8, 4) is 0 Å². The van der Waals surface area contributed by atoms with E-state index in [9.17, 15) is 0 Å². The highest BCUT2D eigenvalue weighted by Gasteiger charge is 2.08. The maximum Gasteiger partial charge on any atom is 0.111 e. The molecule has 1 atom stereocenters. The fourth-order valence-electron chi connectivity index (χ4n) is 1.15. The second kappa shape index (κ2) is 3.07. The van der Waals surface area contributed by atoms with Gasteiger partial charge in [0.1, 0.15) is 5.82 Å². The molecule has 0 fully saturated rings. The van der Waals surface area contributed by atoms with Crippen LogP contribution in [0.3, 0.4) is 0 Å². The van der Waals surface area contributed by atoms with E-state index in [1.807, 2.05) is 6.20 Å². The second-order valence-corrected chi connectivity index (χ2v) is 3.13. The fourth-order valence-corrected chi connectivity index (χ4v) is 1.15. The van der Waals surface area contributed by atoms with Crippen molar-refractivity contribution < 1.29 is 0 Å². The summed E-state index contributed by atoms with van der Waals surface area (Å²) in [6.45, 7) is 6.48. The van der Waals surface area contributed by atoms with Crippen molar-refractivity contribution in [2.75, 3.05) is 0 Å². The van der Waals surface area contributed by atoms with E-state index in [1.54, 1.807) is 0 Å². The summed E-state index contributed by atoms with van der Waals surface area (Å²) in [6, 6.07) is 0. The van der Waals surface area contributed by atoms with Crippen molar-refractivity contribution in [1.29, 1.82) is 0 Å². The monoisotopic (exact) mass is 152 g/mol. The molecule has 1 heterocycles. The van der Waals surface area contributed by atoms with E-state index in [0.29, 0.717) is 5.92 Å². The van der Waals surface area contributed by atoms with E-state index < -0.39 is 0 Å². The van der Waals surface area contributed by atoms with Crippen molar-refractivity contribution in [3.05, 3.63) is 17.7 Å². The normalized spacial score (nSPS) is 13.5. The molecule has 0 N–H and O–H groups in total. The van der Waals surface area contributed by atoms with Crippen LogP contribution < -0.4 is 0 Å². The molecule has 1 rings (SSSR count). The van der Waals surface area contributed by atoms with Gasteiger partial charge >= 0.3 is 0 Å². The van der Waals surface area contributed by atoms with E-state index in [0.717, 1.165) is 6.42 Å². The maximum atomic E-state index is 4.35. The Kier molecular flexibility index (Phi) is 2.32. The lowest BCUT2D eigenvalue weighted by atomic mass is 10.1. The minimum absolute atomic E-state index is 0.577. The van der Waals surface area contributed by atoms with Crippen molar-refractivity contribution in [1.82, 2.24) is 9.55 Å². The fraction of sp³-hybridized carbons (Fsp3) is 0.667. The standard InChI is InChI=1S/C9H16N2/c1-5-7(2)9-10-6-8(3)11(9)4/h6-7H,5H2,1-4H3. The largest absolute Gasteiger partial charge is 0.335 e. The molecule has 0 aliphatic carbocycles. The van der Waals surface area contributed by atoms with Crippen LogP contribution in [0.15, 0.2) is 6.20 Å². The quantitative estimate of drug-likeness (QED) is 0.635. The molecule has 2 heteroatoms. The third-order valence-corrected chi connectivity index (χ3v) is 2.31. The summed E-state index contributed by atoms with van der Waals surface area (Å²) in [5.74, 6) is 1.78. The van der Waals surface area contributed by atoms with Crippen LogP contribution in [0, 0.1) is 6.92 Å². The van der Waals surface area contributed by atoms with Crippen LogP contribution in [0.5, 0.6) is 0 Å². The molecule has 1 aromatic rings. The summed E-state index contributed by atoms with van der Waals surface area (Å²) in [7, 11) is 2.07. The van der Waals surface area contributed by atoms with Crippen LogP contribution >= 0.6 is 0 Å². The van der Waals surface area contributed by atoms with Crippen molar-refractivity contribution >= 4 is 0 Å². The zero-order valence-corrected chi connectivity index (χ0v) is 7.76. The first-order chi connectivity index (χ1) is 5.16. The number of nitrogens with zero attached hydrogens (tertiary/aromatic N) is 2. The first-order valence-corrected chi connectivity index (χ1v) is 4.15. The van der Waals surface area contributed by atoms with Crippen LogP contribution in [0.1, 0.15) is 37.7 Å². The summed E-state index contributed by atoms with van der Waals surface area (Å²) >= 11 is 0. The number of hydrogen-bond donors (Lipinski definition) is 0. The molecule has 0 bridgehead atoms. The van der Waals surface area contributed by atoms with E-state index >= 15 is 0 Å². The van der Waals surface area contributed by atoms with Gasteiger partial charge in [-0.2, -0.15) is 0 Å². The Morgan fingerprint density at radius 3 is 2.64 bits per heavy atom.